The average molecular weight is 258 g/mol. The molecule has 0 aliphatic carbocycles. The van der Waals surface area contributed by atoms with Crippen molar-refractivity contribution in [1.29, 1.82) is 0 Å². The smallest absolute Gasteiger partial charge is 0.134 e. The molecular formula is C16H22N2O. The molecule has 1 aliphatic heterocycles. The number of para-hydroxylation sites is 1. The van der Waals surface area contributed by atoms with Crippen LogP contribution in [0, 0.1) is 0 Å². The zero-order chi connectivity index (χ0) is 13.4. The molecule has 0 radical (unpaired) electrons. The number of nitrogens with two attached hydrogens (primary N) is 1. The van der Waals surface area contributed by atoms with Gasteiger partial charge in [0.25, 0.3) is 0 Å². The summed E-state index contributed by atoms with van der Waals surface area (Å²) >= 11 is 0. The lowest BCUT2D eigenvalue weighted by atomic mass is 9.97. The first kappa shape index (κ1) is 12.7. The maximum absolute atomic E-state index is 6.04. The molecule has 1 aliphatic rings. The zero-order valence-corrected chi connectivity index (χ0v) is 11.7. The van der Waals surface area contributed by atoms with Crippen LogP contribution in [0.15, 0.2) is 34.7 Å². The number of nitrogens with zero attached hydrogens (tertiary/aromatic N) is 1. The summed E-state index contributed by atoms with van der Waals surface area (Å²) < 4.78 is 5.99. The Hall–Kier alpha value is -1.32. The van der Waals surface area contributed by atoms with Crippen molar-refractivity contribution in [2.24, 2.45) is 5.73 Å². The molecule has 0 saturated carbocycles. The van der Waals surface area contributed by atoms with Crippen LogP contribution in [-0.2, 0) is 0 Å². The molecule has 3 nitrogen and oxygen atoms in total. The van der Waals surface area contributed by atoms with Crippen molar-refractivity contribution in [2.45, 2.75) is 44.8 Å². The molecule has 3 atom stereocenters. The van der Waals surface area contributed by atoms with Crippen LogP contribution >= 0.6 is 0 Å². The lowest BCUT2D eigenvalue weighted by molar-refractivity contribution is 0.0936. The molecule has 1 saturated heterocycles. The maximum Gasteiger partial charge on any atom is 0.134 e. The second kappa shape index (κ2) is 4.99. The fourth-order valence-electron chi connectivity index (χ4n) is 3.17. The zero-order valence-electron chi connectivity index (χ0n) is 11.7. The van der Waals surface area contributed by atoms with Crippen molar-refractivity contribution in [3.63, 3.8) is 0 Å². The van der Waals surface area contributed by atoms with Gasteiger partial charge in [0, 0.05) is 24.0 Å². The fourth-order valence-corrected chi connectivity index (χ4v) is 3.17. The molecule has 2 N–H and O–H groups in total. The first-order valence-electron chi connectivity index (χ1n) is 7.15. The molecule has 0 amide bonds. The van der Waals surface area contributed by atoms with Gasteiger partial charge < -0.3 is 10.2 Å². The quantitative estimate of drug-likeness (QED) is 0.898. The summed E-state index contributed by atoms with van der Waals surface area (Å²) in [6.45, 7) is 5.55. The van der Waals surface area contributed by atoms with E-state index in [1.165, 1.54) is 5.39 Å². The predicted molar refractivity (Wildman–Crippen MR) is 78.0 cm³/mol. The summed E-state index contributed by atoms with van der Waals surface area (Å²) in [4.78, 5) is 2.50. The monoisotopic (exact) mass is 258 g/mol. The molecule has 3 unspecified atom stereocenters. The van der Waals surface area contributed by atoms with Crippen LogP contribution in [0.5, 0.6) is 0 Å². The standard InChI is InChI=1S/C16H22N2O/c1-11-9-14(17)7-8-18(11)12(2)16-10-13-5-3-4-6-15(13)19-16/h3-6,10-12,14H,7-9,17H2,1-2H3. The van der Waals surface area contributed by atoms with Gasteiger partial charge in [0.05, 0.1) is 6.04 Å². The normalized spacial score (nSPS) is 26.7. The van der Waals surface area contributed by atoms with E-state index in [0.717, 1.165) is 30.7 Å². The largest absolute Gasteiger partial charge is 0.459 e. The summed E-state index contributed by atoms with van der Waals surface area (Å²) in [5, 5.41) is 1.19. The average Bonchev–Trinajstić information content (AvgIpc) is 2.81. The molecule has 1 aromatic carbocycles. The van der Waals surface area contributed by atoms with Crippen molar-refractivity contribution in [1.82, 2.24) is 4.90 Å². The Kier molecular flexibility index (Phi) is 3.33. The number of hydrogen-bond donors (Lipinski definition) is 1. The van der Waals surface area contributed by atoms with Gasteiger partial charge >= 0.3 is 0 Å². The van der Waals surface area contributed by atoms with E-state index in [0.29, 0.717) is 18.1 Å². The number of likely N-dealkylation sites (tertiary alicyclic amines) is 1. The molecule has 3 heteroatoms. The SMILES string of the molecule is CC1CC(N)CCN1C(C)c1cc2ccccc2o1. The Morgan fingerprint density at radius 2 is 2.16 bits per heavy atom. The van der Waals surface area contributed by atoms with Crippen LogP contribution in [-0.4, -0.2) is 23.5 Å². The van der Waals surface area contributed by atoms with Crippen LogP contribution in [0.25, 0.3) is 11.0 Å². The summed E-state index contributed by atoms with van der Waals surface area (Å²) in [7, 11) is 0. The topological polar surface area (TPSA) is 42.4 Å². The second-order valence-corrected chi connectivity index (χ2v) is 5.73. The third kappa shape index (κ3) is 2.40. The Balaban J connectivity index is 1.84. The van der Waals surface area contributed by atoms with Gasteiger partial charge in [-0.15, -0.1) is 0 Å². The maximum atomic E-state index is 6.04. The first-order valence-corrected chi connectivity index (χ1v) is 7.15. The van der Waals surface area contributed by atoms with E-state index in [9.17, 15) is 0 Å². The second-order valence-electron chi connectivity index (χ2n) is 5.73. The summed E-state index contributed by atoms with van der Waals surface area (Å²) in [6.07, 6.45) is 2.15. The van der Waals surface area contributed by atoms with Crippen molar-refractivity contribution in [2.75, 3.05) is 6.54 Å². The Labute approximate surface area is 114 Å². The summed E-state index contributed by atoms with van der Waals surface area (Å²) in [5.74, 6) is 1.06. The number of hydrogen-bond acceptors (Lipinski definition) is 3. The third-order valence-corrected chi connectivity index (χ3v) is 4.32. The minimum absolute atomic E-state index is 0.315. The minimum Gasteiger partial charge on any atom is -0.459 e. The third-order valence-electron chi connectivity index (χ3n) is 4.32. The highest BCUT2D eigenvalue weighted by Crippen LogP contribution is 2.31. The number of piperidine rings is 1. The van der Waals surface area contributed by atoms with E-state index in [4.69, 9.17) is 10.2 Å². The molecule has 3 rings (SSSR count). The molecule has 2 heterocycles. The number of furan rings is 1. The first-order chi connectivity index (χ1) is 9.15. The van der Waals surface area contributed by atoms with Gasteiger partial charge in [0.1, 0.15) is 11.3 Å². The van der Waals surface area contributed by atoms with Gasteiger partial charge in [0.2, 0.25) is 0 Å². The molecule has 0 spiro atoms. The van der Waals surface area contributed by atoms with Crippen molar-refractivity contribution >= 4 is 11.0 Å². The fraction of sp³-hybridized carbons (Fsp3) is 0.500. The Morgan fingerprint density at radius 3 is 2.89 bits per heavy atom. The van der Waals surface area contributed by atoms with Crippen LogP contribution < -0.4 is 5.73 Å². The van der Waals surface area contributed by atoms with Gasteiger partial charge in [0.15, 0.2) is 0 Å². The molecule has 0 bridgehead atoms. The van der Waals surface area contributed by atoms with E-state index < -0.39 is 0 Å². The van der Waals surface area contributed by atoms with E-state index in [1.54, 1.807) is 0 Å². The van der Waals surface area contributed by atoms with E-state index in [1.807, 2.05) is 12.1 Å². The van der Waals surface area contributed by atoms with Crippen LogP contribution in [0.2, 0.25) is 0 Å². The van der Waals surface area contributed by atoms with E-state index >= 15 is 0 Å². The molecule has 1 aromatic heterocycles. The van der Waals surface area contributed by atoms with E-state index in [2.05, 4.69) is 36.9 Å². The lowest BCUT2D eigenvalue weighted by Gasteiger charge is -2.39. The molecule has 19 heavy (non-hydrogen) atoms. The van der Waals surface area contributed by atoms with Gasteiger partial charge in [-0.3, -0.25) is 4.90 Å². The lowest BCUT2D eigenvalue weighted by Crippen LogP contribution is -2.46. The van der Waals surface area contributed by atoms with Gasteiger partial charge in [-0.25, -0.2) is 0 Å². The minimum atomic E-state index is 0.315. The molecule has 102 valence electrons. The number of rotatable bonds is 2. The predicted octanol–water partition coefficient (Wildman–Crippen LogP) is 3.31. The van der Waals surface area contributed by atoms with Crippen LogP contribution in [0.1, 0.15) is 38.5 Å². The highest BCUT2D eigenvalue weighted by molar-refractivity contribution is 5.77. The molecule has 2 aromatic rings. The van der Waals surface area contributed by atoms with Crippen LogP contribution in [0.3, 0.4) is 0 Å². The van der Waals surface area contributed by atoms with E-state index in [-0.39, 0.29) is 0 Å². The highest BCUT2D eigenvalue weighted by atomic mass is 16.3. The Morgan fingerprint density at radius 1 is 1.37 bits per heavy atom. The van der Waals surface area contributed by atoms with Crippen molar-refractivity contribution < 1.29 is 4.42 Å². The van der Waals surface area contributed by atoms with Gasteiger partial charge in [-0.2, -0.15) is 0 Å². The Bertz CT molecular complexity index is 530. The number of benzene rings is 1. The molecular weight excluding hydrogens is 236 g/mol. The molecule has 1 fully saturated rings. The summed E-state index contributed by atoms with van der Waals surface area (Å²) in [6, 6.07) is 11.6. The van der Waals surface area contributed by atoms with Crippen LogP contribution in [0.4, 0.5) is 0 Å². The van der Waals surface area contributed by atoms with Gasteiger partial charge in [-0.05, 0) is 38.8 Å². The van der Waals surface area contributed by atoms with Crippen molar-refractivity contribution in [3.8, 4) is 0 Å². The summed E-state index contributed by atoms with van der Waals surface area (Å²) in [5.41, 5.74) is 7.01. The van der Waals surface area contributed by atoms with Crippen molar-refractivity contribution in [3.05, 3.63) is 36.1 Å². The van der Waals surface area contributed by atoms with Gasteiger partial charge in [-0.1, -0.05) is 18.2 Å². The number of fused-ring (bicyclic) bond motifs is 1. The highest BCUT2D eigenvalue weighted by Gasteiger charge is 2.29.